The molecule has 2 fully saturated rings. The monoisotopic (exact) mass is 487 g/mol. The zero-order valence-electron chi connectivity index (χ0n) is 21.9. The van der Waals surface area contributed by atoms with E-state index in [9.17, 15) is 10.1 Å². The van der Waals surface area contributed by atoms with Crippen LogP contribution in [0, 0.1) is 11.3 Å². The minimum Gasteiger partial charge on any atom is -0.338 e. The van der Waals surface area contributed by atoms with Gasteiger partial charge < -0.3 is 16.0 Å². The lowest BCUT2D eigenvalue weighted by molar-refractivity contribution is -0.127. The van der Waals surface area contributed by atoms with Crippen LogP contribution in [0.3, 0.4) is 0 Å². The van der Waals surface area contributed by atoms with Crippen molar-refractivity contribution >= 4 is 5.91 Å². The molecular weight excluding hydrogens is 446 g/mol. The van der Waals surface area contributed by atoms with Gasteiger partial charge in [0.25, 0.3) is 0 Å². The number of carbonyl (C=O) groups is 1. The second kappa shape index (κ2) is 12.0. The first-order chi connectivity index (χ1) is 17.4. The summed E-state index contributed by atoms with van der Waals surface area (Å²) in [7, 11) is 2.20. The Morgan fingerprint density at radius 3 is 2.14 bits per heavy atom. The maximum atomic E-state index is 12.7. The van der Waals surface area contributed by atoms with E-state index in [4.69, 9.17) is 5.73 Å². The highest BCUT2D eigenvalue weighted by molar-refractivity contribution is 5.86. The molecule has 0 radical (unpaired) electrons. The quantitative estimate of drug-likeness (QED) is 0.581. The first kappa shape index (κ1) is 26.3. The Bertz CT molecular complexity index is 1030. The summed E-state index contributed by atoms with van der Waals surface area (Å²) in [5, 5.41) is 12.5. The minimum atomic E-state index is -0.829. The molecule has 1 aliphatic heterocycles. The molecule has 1 saturated heterocycles. The zero-order chi connectivity index (χ0) is 25.5. The maximum absolute atomic E-state index is 12.7. The largest absolute Gasteiger partial charge is 0.338 e. The highest BCUT2D eigenvalue weighted by atomic mass is 16.2. The molecule has 2 atom stereocenters. The number of nitrogens with one attached hydrogen (secondary N) is 1. The van der Waals surface area contributed by atoms with Gasteiger partial charge in [-0.05, 0) is 48.6 Å². The van der Waals surface area contributed by atoms with E-state index in [1.807, 2.05) is 0 Å². The molecule has 6 nitrogen and oxygen atoms in total. The van der Waals surface area contributed by atoms with Gasteiger partial charge in [-0.15, -0.1) is 0 Å². The number of nitriles is 1. The Morgan fingerprint density at radius 1 is 1.00 bits per heavy atom. The number of rotatable bonds is 8. The number of likely N-dealkylation sites (N-methyl/N-ethyl adjacent to an activating group) is 1. The molecule has 1 aliphatic carbocycles. The third-order valence-electron chi connectivity index (χ3n) is 8.05. The number of nitrogens with zero attached hydrogens (tertiary/aromatic N) is 3. The van der Waals surface area contributed by atoms with Crippen molar-refractivity contribution in [3.05, 3.63) is 59.7 Å². The molecule has 192 valence electrons. The third-order valence-corrected chi connectivity index (χ3v) is 8.05. The minimum absolute atomic E-state index is 0.188. The van der Waals surface area contributed by atoms with E-state index in [0.29, 0.717) is 25.3 Å². The van der Waals surface area contributed by atoms with Crippen molar-refractivity contribution in [2.24, 2.45) is 5.73 Å². The molecule has 3 N–H and O–H groups in total. The number of carbonyl (C=O) groups excluding carboxylic acids is 1. The maximum Gasteiger partial charge on any atom is 0.241 e. The predicted octanol–water partition coefficient (Wildman–Crippen LogP) is 4.26. The van der Waals surface area contributed by atoms with Gasteiger partial charge in [-0.3, -0.25) is 9.69 Å². The van der Waals surface area contributed by atoms with Crippen molar-refractivity contribution in [2.45, 2.75) is 69.5 Å². The molecule has 1 unspecified atom stereocenters. The number of amides is 1. The predicted molar refractivity (Wildman–Crippen MR) is 145 cm³/mol. The van der Waals surface area contributed by atoms with Crippen molar-refractivity contribution in [1.29, 1.82) is 5.26 Å². The number of piperazine rings is 1. The van der Waals surface area contributed by atoms with Crippen LogP contribution in [0.4, 0.5) is 0 Å². The smallest absolute Gasteiger partial charge is 0.241 e. The van der Waals surface area contributed by atoms with Gasteiger partial charge in [0.2, 0.25) is 5.91 Å². The number of hydrogen-bond acceptors (Lipinski definition) is 5. The first-order valence-corrected chi connectivity index (χ1v) is 13.5. The van der Waals surface area contributed by atoms with Crippen LogP contribution in [0.2, 0.25) is 0 Å². The Labute approximate surface area is 216 Å². The van der Waals surface area contributed by atoms with Crippen LogP contribution < -0.4 is 11.1 Å². The van der Waals surface area contributed by atoms with Crippen LogP contribution in [0.1, 0.15) is 62.6 Å². The van der Waals surface area contributed by atoms with Gasteiger partial charge in [0.05, 0.1) is 11.6 Å². The number of nitrogens with two attached hydrogens (primary N) is 1. The molecule has 4 rings (SSSR count). The van der Waals surface area contributed by atoms with Crippen molar-refractivity contribution in [2.75, 3.05) is 33.2 Å². The van der Waals surface area contributed by atoms with E-state index in [-0.39, 0.29) is 5.91 Å². The number of benzene rings is 2. The summed E-state index contributed by atoms with van der Waals surface area (Å²) in [5.41, 5.74) is 10.3. The van der Waals surface area contributed by atoms with Crippen molar-refractivity contribution < 1.29 is 4.79 Å². The van der Waals surface area contributed by atoms with E-state index in [1.165, 1.54) is 11.1 Å². The van der Waals surface area contributed by atoms with Gasteiger partial charge in [0.15, 0.2) is 0 Å². The van der Waals surface area contributed by atoms with Crippen LogP contribution in [0.5, 0.6) is 0 Å². The fourth-order valence-corrected chi connectivity index (χ4v) is 5.65. The Kier molecular flexibility index (Phi) is 8.79. The Hall–Kier alpha value is -2.72. The summed E-state index contributed by atoms with van der Waals surface area (Å²) < 4.78 is 0. The van der Waals surface area contributed by atoms with E-state index in [0.717, 1.165) is 63.0 Å². The SMILES string of the molecule is CCC(c1ccc(-c2ccc(C[C@@H](C#N)NC(=O)C3(N)CCCCC3)cc2)cc1)N1CCN(C)CC1. The van der Waals surface area contributed by atoms with Gasteiger partial charge in [-0.2, -0.15) is 5.26 Å². The third kappa shape index (κ3) is 6.34. The molecule has 6 heteroatoms. The van der Waals surface area contributed by atoms with Crippen LogP contribution in [-0.2, 0) is 11.2 Å². The highest BCUT2D eigenvalue weighted by Crippen LogP contribution is 2.29. The molecule has 1 saturated carbocycles. The molecule has 2 aromatic carbocycles. The van der Waals surface area contributed by atoms with Gasteiger partial charge in [-0.1, -0.05) is 74.7 Å². The second-order valence-electron chi connectivity index (χ2n) is 10.7. The Balaban J connectivity index is 1.36. The zero-order valence-corrected chi connectivity index (χ0v) is 21.9. The van der Waals surface area contributed by atoms with E-state index >= 15 is 0 Å². The van der Waals surface area contributed by atoms with Gasteiger partial charge in [0.1, 0.15) is 6.04 Å². The second-order valence-corrected chi connectivity index (χ2v) is 10.7. The topological polar surface area (TPSA) is 85.4 Å². The lowest BCUT2D eigenvalue weighted by Gasteiger charge is -2.38. The fraction of sp³-hybridized carbons (Fsp3) is 0.533. The summed E-state index contributed by atoms with van der Waals surface area (Å²) in [6.45, 7) is 6.77. The van der Waals surface area contributed by atoms with Crippen molar-refractivity contribution in [1.82, 2.24) is 15.1 Å². The van der Waals surface area contributed by atoms with E-state index in [2.05, 4.69) is 83.7 Å². The van der Waals surface area contributed by atoms with Crippen molar-refractivity contribution in [3.63, 3.8) is 0 Å². The summed E-state index contributed by atoms with van der Waals surface area (Å²) in [6.07, 6.45) is 6.04. The molecule has 2 aromatic rings. The molecule has 0 aromatic heterocycles. The first-order valence-electron chi connectivity index (χ1n) is 13.5. The van der Waals surface area contributed by atoms with Crippen LogP contribution in [0.15, 0.2) is 48.5 Å². The van der Waals surface area contributed by atoms with Crippen LogP contribution in [-0.4, -0.2) is 60.5 Å². The fourth-order valence-electron chi connectivity index (χ4n) is 5.65. The lowest BCUT2D eigenvalue weighted by atomic mass is 9.81. The molecular formula is C30H41N5O. The van der Waals surface area contributed by atoms with Gasteiger partial charge in [-0.25, -0.2) is 0 Å². The number of hydrogen-bond donors (Lipinski definition) is 2. The summed E-state index contributed by atoms with van der Waals surface area (Å²) in [5.74, 6) is -0.188. The van der Waals surface area contributed by atoms with Gasteiger partial charge in [0, 0.05) is 38.6 Å². The molecule has 1 heterocycles. The molecule has 0 spiro atoms. The lowest BCUT2D eigenvalue weighted by Crippen LogP contribution is -2.57. The van der Waals surface area contributed by atoms with Gasteiger partial charge >= 0.3 is 0 Å². The summed E-state index contributed by atoms with van der Waals surface area (Å²) in [6, 6.07) is 19.4. The molecule has 36 heavy (non-hydrogen) atoms. The van der Waals surface area contributed by atoms with E-state index in [1.54, 1.807) is 0 Å². The average molecular weight is 488 g/mol. The molecule has 2 aliphatic rings. The average Bonchev–Trinajstić information content (AvgIpc) is 2.91. The molecule has 0 bridgehead atoms. The van der Waals surface area contributed by atoms with Crippen LogP contribution in [0.25, 0.3) is 11.1 Å². The molecule has 1 amide bonds. The van der Waals surface area contributed by atoms with Crippen LogP contribution >= 0.6 is 0 Å². The standard InChI is InChI=1S/C30H41N5O/c1-3-28(35-19-17-34(2)18-20-35)26-13-11-25(12-14-26)24-9-7-23(8-10-24)21-27(22-31)33-29(36)30(32)15-5-4-6-16-30/h7-14,27-28H,3-6,15-21,32H2,1-2H3,(H,33,36)/t27-,28?/m0/s1. The van der Waals surface area contributed by atoms with E-state index < -0.39 is 11.6 Å². The Morgan fingerprint density at radius 2 is 1.58 bits per heavy atom. The summed E-state index contributed by atoms with van der Waals surface area (Å²) >= 11 is 0. The highest BCUT2D eigenvalue weighted by Gasteiger charge is 2.36. The van der Waals surface area contributed by atoms with Crippen molar-refractivity contribution in [3.8, 4) is 17.2 Å². The summed E-state index contributed by atoms with van der Waals surface area (Å²) in [4.78, 5) is 17.7. The normalized spacial score (nSPS) is 20.3.